The highest BCUT2D eigenvalue weighted by Crippen LogP contribution is 2.29. The minimum atomic E-state index is -0.495. The average Bonchev–Trinajstić information content (AvgIpc) is 3.16. The second kappa shape index (κ2) is 9.28. The summed E-state index contributed by atoms with van der Waals surface area (Å²) < 4.78 is 19.9. The number of rotatable bonds is 7. The maximum absolute atomic E-state index is 14.8. The Balaban J connectivity index is 1.41. The third-order valence-corrected chi connectivity index (χ3v) is 5.95. The van der Waals surface area contributed by atoms with E-state index in [0.717, 1.165) is 22.8 Å². The van der Waals surface area contributed by atoms with Gasteiger partial charge in [0.1, 0.15) is 11.9 Å². The molecule has 1 amide bonds. The summed E-state index contributed by atoms with van der Waals surface area (Å²) in [7, 11) is 0. The summed E-state index contributed by atoms with van der Waals surface area (Å²) in [6, 6.07) is 18.6. The Morgan fingerprint density at radius 3 is 2.63 bits per heavy atom. The van der Waals surface area contributed by atoms with Gasteiger partial charge in [-0.3, -0.25) is 9.88 Å². The van der Waals surface area contributed by atoms with E-state index in [9.17, 15) is 9.18 Å². The highest BCUT2D eigenvalue weighted by Gasteiger charge is 2.31. The van der Waals surface area contributed by atoms with Gasteiger partial charge in [-0.2, -0.15) is 11.8 Å². The quantitative estimate of drug-likeness (QED) is 0.601. The van der Waals surface area contributed by atoms with Crippen molar-refractivity contribution in [3.8, 4) is 11.1 Å². The molecule has 0 saturated carbocycles. The summed E-state index contributed by atoms with van der Waals surface area (Å²) in [4.78, 5) is 17.7. The zero-order chi connectivity index (χ0) is 20.9. The molecule has 0 aliphatic carbocycles. The molecule has 30 heavy (non-hydrogen) atoms. The van der Waals surface area contributed by atoms with E-state index in [1.54, 1.807) is 30.1 Å². The molecule has 3 aromatic rings. The largest absolute Gasteiger partial charge is 0.443 e. The topological polar surface area (TPSA) is 68.5 Å². The molecule has 2 heterocycles. The van der Waals surface area contributed by atoms with Crippen molar-refractivity contribution in [1.29, 1.82) is 0 Å². The lowest BCUT2D eigenvalue weighted by Crippen LogP contribution is -2.27. The lowest BCUT2D eigenvalue weighted by Gasteiger charge is -2.14. The predicted octanol–water partition coefficient (Wildman–Crippen LogP) is 4.61. The zero-order valence-corrected chi connectivity index (χ0v) is 17.1. The fraction of sp³-hybridized carbons (Fsp3) is 0.217. The van der Waals surface area contributed by atoms with Crippen molar-refractivity contribution in [2.24, 2.45) is 5.73 Å². The van der Waals surface area contributed by atoms with Crippen molar-refractivity contribution in [3.63, 3.8) is 0 Å². The Morgan fingerprint density at radius 1 is 1.13 bits per heavy atom. The number of hydrogen-bond acceptors (Lipinski definition) is 5. The number of benzene rings is 2. The van der Waals surface area contributed by atoms with Crippen LogP contribution >= 0.6 is 11.8 Å². The maximum Gasteiger partial charge on any atom is 0.414 e. The number of ether oxygens (including phenoxy) is 1. The van der Waals surface area contributed by atoms with E-state index < -0.39 is 6.09 Å². The first kappa shape index (κ1) is 20.4. The molecular weight excluding hydrogens is 401 g/mol. The highest BCUT2D eigenvalue weighted by atomic mass is 32.2. The van der Waals surface area contributed by atoms with Crippen molar-refractivity contribution in [3.05, 3.63) is 83.9 Å². The number of nitrogens with zero attached hydrogens (tertiary/aromatic N) is 2. The number of hydrogen-bond donors (Lipinski definition) is 1. The number of cyclic esters (lactones) is 1. The van der Waals surface area contributed by atoms with Crippen LogP contribution in [0.3, 0.4) is 0 Å². The molecule has 4 rings (SSSR count). The summed E-state index contributed by atoms with van der Waals surface area (Å²) in [6.45, 7) is 0.578. The van der Waals surface area contributed by atoms with Crippen molar-refractivity contribution in [2.45, 2.75) is 17.6 Å². The number of carbonyl (C=O) groups is 1. The van der Waals surface area contributed by atoms with Gasteiger partial charge in [-0.25, -0.2) is 9.18 Å². The summed E-state index contributed by atoms with van der Waals surface area (Å²) in [6.07, 6.45) is 0.946. The van der Waals surface area contributed by atoms with Gasteiger partial charge in [0, 0.05) is 29.8 Å². The van der Waals surface area contributed by atoms with E-state index in [4.69, 9.17) is 10.5 Å². The van der Waals surface area contributed by atoms with Crippen LogP contribution in [-0.4, -0.2) is 30.3 Å². The molecule has 1 saturated heterocycles. The Morgan fingerprint density at radius 2 is 1.97 bits per heavy atom. The van der Waals surface area contributed by atoms with Crippen molar-refractivity contribution in [1.82, 2.24) is 4.98 Å². The number of aromatic nitrogens is 1. The van der Waals surface area contributed by atoms with Gasteiger partial charge in [0.15, 0.2) is 0 Å². The fourth-order valence-corrected chi connectivity index (χ4v) is 4.21. The van der Waals surface area contributed by atoms with Gasteiger partial charge in [-0.05, 0) is 41.5 Å². The van der Waals surface area contributed by atoms with Crippen LogP contribution in [0.4, 0.5) is 14.9 Å². The lowest BCUT2D eigenvalue weighted by molar-refractivity contribution is 0.145. The molecule has 1 aliphatic heterocycles. The monoisotopic (exact) mass is 423 g/mol. The molecule has 2 N–H and O–H groups in total. The average molecular weight is 424 g/mol. The van der Waals surface area contributed by atoms with Crippen molar-refractivity contribution < 1.29 is 13.9 Å². The Kier molecular flexibility index (Phi) is 6.30. The van der Waals surface area contributed by atoms with E-state index in [0.29, 0.717) is 17.8 Å². The number of amides is 1. The third kappa shape index (κ3) is 4.63. The van der Waals surface area contributed by atoms with E-state index >= 15 is 0 Å². The number of carbonyl (C=O) groups excluding carboxylic acids is 1. The first-order chi connectivity index (χ1) is 14.6. The van der Waals surface area contributed by atoms with Crippen LogP contribution in [0.2, 0.25) is 0 Å². The molecule has 1 aromatic heterocycles. The van der Waals surface area contributed by atoms with Crippen LogP contribution in [0.1, 0.15) is 11.3 Å². The van der Waals surface area contributed by atoms with Crippen LogP contribution in [0.15, 0.2) is 66.9 Å². The first-order valence-electron chi connectivity index (χ1n) is 9.69. The minimum Gasteiger partial charge on any atom is -0.443 e. The Labute approximate surface area is 179 Å². The molecule has 0 unspecified atom stereocenters. The van der Waals surface area contributed by atoms with Crippen LogP contribution in [-0.2, 0) is 16.2 Å². The SMILES string of the molecule is NC[C@H]1CN(c2ccc(-c3ccc(CSCc4ccccn4)cc3)c(F)c2)C(=O)O1. The van der Waals surface area contributed by atoms with Crippen molar-refractivity contribution >= 4 is 23.5 Å². The fourth-order valence-electron chi connectivity index (χ4n) is 3.30. The smallest absolute Gasteiger partial charge is 0.414 e. The molecule has 2 aromatic carbocycles. The van der Waals surface area contributed by atoms with E-state index in [1.807, 2.05) is 42.5 Å². The molecule has 154 valence electrons. The molecule has 7 heteroatoms. The van der Waals surface area contributed by atoms with E-state index in [-0.39, 0.29) is 18.5 Å². The van der Waals surface area contributed by atoms with Crippen LogP contribution in [0.5, 0.6) is 0 Å². The summed E-state index contributed by atoms with van der Waals surface area (Å²) >= 11 is 1.79. The Hall–Kier alpha value is -2.90. The number of pyridine rings is 1. The van der Waals surface area contributed by atoms with Crippen LogP contribution < -0.4 is 10.6 Å². The maximum atomic E-state index is 14.8. The molecule has 0 spiro atoms. The lowest BCUT2D eigenvalue weighted by atomic mass is 10.0. The van der Waals surface area contributed by atoms with Gasteiger partial charge in [-0.1, -0.05) is 30.3 Å². The third-order valence-electron chi connectivity index (χ3n) is 4.91. The highest BCUT2D eigenvalue weighted by molar-refractivity contribution is 7.97. The molecule has 1 atom stereocenters. The van der Waals surface area contributed by atoms with Crippen LogP contribution in [0.25, 0.3) is 11.1 Å². The van der Waals surface area contributed by atoms with Crippen molar-refractivity contribution in [2.75, 3.05) is 18.0 Å². The summed E-state index contributed by atoms with van der Waals surface area (Å²) in [5.74, 6) is 1.33. The molecular formula is C23H22FN3O2S. The van der Waals surface area contributed by atoms with Gasteiger partial charge in [0.25, 0.3) is 0 Å². The number of anilines is 1. The standard InChI is InChI=1S/C23H22FN3O2S/c24-22-11-19(27-13-20(12-25)29-23(27)28)8-9-21(22)17-6-4-16(5-7-17)14-30-15-18-3-1-2-10-26-18/h1-11,20H,12-15,25H2/t20-/m0/s1. The minimum absolute atomic E-state index is 0.245. The second-order valence-electron chi connectivity index (χ2n) is 7.03. The molecule has 5 nitrogen and oxygen atoms in total. The first-order valence-corrected chi connectivity index (χ1v) is 10.8. The predicted molar refractivity (Wildman–Crippen MR) is 118 cm³/mol. The molecule has 0 radical (unpaired) electrons. The van der Waals surface area contributed by atoms with E-state index in [2.05, 4.69) is 4.98 Å². The van der Waals surface area contributed by atoms with Gasteiger partial charge >= 0.3 is 6.09 Å². The normalized spacial score (nSPS) is 16.0. The van der Waals surface area contributed by atoms with Gasteiger partial charge in [0.05, 0.1) is 17.9 Å². The van der Waals surface area contributed by atoms with Gasteiger partial charge in [0.2, 0.25) is 0 Å². The van der Waals surface area contributed by atoms with Gasteiger partial charge < -0.3 is 10.5 Å². The Bertz CT molecular complexity index is 1010. The molecule has 0 bridgehead atoms. The number of nitrogens with two attached hydrogens (primary N) is 1. The number of halogens is 1. The molecule has 1 fully saturated rings. The zero-order valence-electron chi connectivity index (χ0n) is 16.3. The van der Waals surface area contributed by atoms with E-state index in [1.165, 1.54) is 16.5 Å². The van der Waals surface area contributed by atoms with Crippen LogP contribution in [0, 0.1) is 5.82 Å². The van der Waals surface area contributed by atoms with Gasteiger partial charge in [-0.15, -0.1) is 0 Å². The summed E-state index contributed by atoms with van der Waals surface area (Å²) in [5, 5.41) is 0. The number of thioether (sulfide) groups is 1. The molecule has 1 aliphatic rings. The summed E-state index contributed by atoms with van der Waals surface area (Å²) in [5.41, 5.74) is 9.54. The second-order valence-corrected chi connectivity index (χ2v) is 8.01.